The first-order chi connectivity index (χ1) is 8.75. The van der Waals surface area contributed by atoms with Gasteiger partial charge in [-0.1, -0.05) is 46.3 Å². The van der Waals surface area contributed by atoms with Gasteiger partial charge in [0.25, 0.3) is 0 Å². The molecule has 0 aliphatic rings. The third kappa shape index (κ3) is 3.96. The van der Waals surface area contributed by atoms with Gasteiger partial charge in [-0.2, -0.15) is 11.3 Å². The zero-order valence-electron chi connectivity index (χ0n) is 9.80. The maximum Gasteiger partial charge on any atom is 0.224 e. The Labute approximate surface area is 119 Å². The second-order valence-electron chi connectivity index (χ2n) is 3.99. The predicted octanol–water partition coefficient (Wildman–Crippen LogP) is 3.54. The van der Waals surface area contributed by atoms with Gasteiger partial charge in [-0.25, -0.2) is 0 Å². The van der Waals surface area contributed by atoms with E-state index < -0.39 is 0 Å². The molecule has 94 valence electrons. The summed E-state index contributed by atoms with van der Waals surface area (Å²) in [6.07, 6.45) is 0.456. The first-order valence-electron chi connectivity index (χ1n) is 5.72. The van der Waals surface area contributed by atoms with Gasteiger partial charge in [0.2, 0.25) is 5.91 Å². The van der Waals surface area contributed by atoms with Gasteiger partial charge < -0.3 is 5.32 Å². The second kappa shape index (κ2) is 6.71. The van der Waals surface area contributed by atoms with Crippen molar-refractivity contribution in [3.63, 3.8) is 0 Å². The number of nitrogens with one attached hydrogen (secondary N) is 1. The van der Waals surface area contributed by atoms with E-state index in [-0.39, 0.29) is 10.7 Å². The monoisotopic (exact) mass is 323 g/mol. The highest BCUT2D eigenvalue weighted by molar-refractivity contribution is 9.09. The van der Waals surface area contributed by atoms with E-state index in [9.17, 15) is 4.79 Å². The van der Waals surface area contributed by atoms with Crippen LogP contribution in [-0.2, 0) is 11.2 Å². The van der Waals surface area contributed by atoms with Gasteiger partial charge in [-0.3, -0.25) is 4.79 Å². The number of alkyl halides is 1. The topological polar surface area (TPSA) is 29.1 Å². The molecule has 1 aromatic carbocycles. The average molecular weight is 324 g/mol. The second-order valence-corrected chi connectivity index (χ2v) is 5.88. The Kier molecular flexibility index (Phi) is 4.96. The number of hydrogen-bond donors (Lipinski definition) is 1. The minimum atomic E-state index is 0.0637. The van der Waals surface area contributed by atoms with Crippen LogP contribution in [0.15, 0.2) is 47.2 Å². The predicted molar refractivity (Wildman–Crippen MR) is 79.1 cm³/mol. The summed E-state index contributed by atoms with van der Waals surface area (Å²) in [5.74, 6) is 0.0637. The molecule has 0 radical (unpaired) electrons. The molecule has 4 heteroatoms. The Balaban J connectivity index is 1.79. The normalized spacial score (nSPS) is 12.1. The van der Waals surface area contributed by atoms with Crippen LogP contribution in [0.1, 0.15) is 16.0 Å². The summed E-state index contributed by atoms with van der Waals surface area (Å²) in [7, 11) is 0. The third-order valence-corrected chi connectivity index (χ3v) is 4.17. The fraction of sp³-hybridized carbons (Fsp3) is 0.214. The first-order valence-corrected chi connectivity index (χ1v) is 7.58. The smallest absolute Gasteiger partial charge is 0.224 e. The fourth-order valence-electron chi connectivity index (χ4n) is 1.62. The number of hydrogen-bond acceptors (Lipinski definition) is 2. The molecule has 2 aromatic rings. The van der Waals surface area contributed by atoms with E-state index in [0.29, 0.717) is 13.0 Å². The van der Waals surface area contributed by atoms with E-state index in [2.05, 4.69) is 21.2 Å². The van der Waals surface area contributed by atoms with Gasteiger partial charge >= 0.3 is 0 Å². The van der Waals surface area contributed by atoms with E-state index in [4.69, 9.17) is 0 Å². The van der Waals surface area contributed by atoms with Crippen molar-refractivity contribution in [2.45, 2.75) is 11.2 Å². The van der Waals surface area contributed by atoms with Crippen LogP contribution in [0, 0.1) is 0 Å². The molecule has 1 unspecified atom stereocenters. The summed E-state index contributed by atoms with van der Waals surface area (Å²) in [6.45, 7) is 0.604. The molecule has 2 nitrogen and oxygen atoms in total. The van der Waals surface area contributed by atoms with Crippen molar-refractivity contribution in [2.24, 2.45) is 0 Å². The third-order valence-electron chi connectivity index (χ3n) is 2.58. The maximum absolute atomic E-state index is 11.7. The van der Waals surface area contributed by atoms with Crippen molar-refractivity contribution >= 4 is 33.2 Å². The average Bonchev–Trinajstić information content (AvgIpc) is 2.90. The van der Waals surface area contributed by atoms with E-state index in [0.717, 1.165) is 5.56 Å². The van der Waals surface area contributed by atoms with Gasteiger partial charge in [0.1, 0.15) is 0 Å². The van der Waals surface area contributed by atoms with Crippen LogP contribution < -0.4 is 5.32 Å². The minimum Gasteiger partial charge on any atom is -0.354 e. The summed E-state index contributed by atoms with van der Waals surface area (Å²) >= 11 is 5.19. The van der Waals surface area contributed by atoms with Crippen molar-refractivity contribution in [1.82, 2.24) is 5.32 Å². The molecule has 0 fully saturated rings. The van der Waals surface area contributed by atoms with Crippen LogP contribution in [0.4, 0.5) is 0 Å². The van der Waals surface area contributed by atoms with Gasteiger partial charge in [0.15, 0.2) is 0 Å². The molecule has 2 rings (SSSR count). The maximum atomic E-state index is 11.7. The molecule has 0 saturated heterocycles. The molecule has 1 heterocycles. The molecule has 0 saturated carbocycles. The molecule has 0 aliphatic carbocycles. The molecule has 18 heavy (non-hydrogen) atoms. The Hall–Kier alpha value is -1.13. The lowest BCUT2D eigenvalue weighted by atomic mass is 10.1. The van der Waals surface area contributed by atoms with Gasteiger partial charge in [-0.05, 0) is 28.0 Å². The van der Waals surface area contributed by atoms with Crippen LogP contribution in [0.5, 0.6) is 0 Å². The van der Waals surface area contributed by atoms with Crippen molar-refractivity contribution < 1.29 is 4.79 Å². The van der Waals surface area contributed by atoms with Gasteiger partial charge in [-0.15, -0.1) is 0 Å². The van der Waals surface area contributed by atoms with Crippen LogP contribution in [0.3, 0.4) is 0 Å². The number of halogens is 1. The highest BCUT2D eigenvalue weighted by atomic mass is 79.9. The van der Waals surface area contributed by atoms with Crippen LogP contribution in [0.25, 0.3) is 0 Å². The van der Waals surface area contributed by atoms with E-state index in [1.807, 2.05) is 47.2 Å². The molecule has 0 bridgehead atoms. The lowest BCUT2D eigenvalue weighted by Crippen LogP contribution is -2.28. The first kappa shape index (κ1) is 13.3. The Morgan fingerprint density at radius 3 is 2.72 bits per heavy atom. The molecular formula is C14H14BrNOS. The van der Waals surface area contributed by atoms with Crippen LogP contribution >= 0.6 is 27.3 Å². The summed E-state index contributed by atoms with van der Waals surface area (Å²) in [4.78, 5) is 11.9. The summed E-state index contributed by atoms with van der Waals surface area (Å²) < 4.78 is 0. The molecule has 0 spiro atoms. The largest absolute Gasteiger partial charge is 0.354 e. The van der Waals surface area contributed by atoms with Gasteiger partial charge in [0.05, 0.1) is 11.2 Å². The van der Waals surface area contributed by atoms with E-state index in [1.54, 1.807) is 11.3 Å². The summed E-state index contributed by atoms with van der Waals surface area (Å²) in [5.41, 5.74) is 2.25. The van der Waals surface area contributed by atoms with E-state index >= 15 is 0 Å². The number of carbonyl (C=O) groups is 1. The number of carbonyl (C=O) groups excluding carboxylic acids is 1. The quantitative estimate of drug-likeness (QED) is 0.838. The molecule has 1 amide bonds. The molecular weight excluding hydrogens is 310 g/mol. The van der Waals surface area contributed by atoms with Crippen molar-refractivity contribution in [3.05, 3.63) is 58.3 Å². The SMILES string of the molecule is O=C(Cc1ccsc1)NCC(Br)c1ccccc1. The van der Waals surface area contributed by atoms with E-state index in [1.165, 1.54) is 5.56 Å². The van der Waals surface area contributed by atoms with Crippen molar-refractivity contribution in [1.29, 1.82) is 0 Å². The minimum absolute atomic E-state index is 0.0637. The fourth-order valence-corrected chi connectivity index (χ4v) is 2.76. The summed E-state index contributed by atoms with van der Waals surface area (Å²) in [6, 6.07) is 12.0. The molecule has 1 atom stereocenters. The Morgan fingerprint density at radius 1 is 1.28 bits per heavy atom. The Bertz CT molecular complexity index is 484. The lowest BCUT2D eigenvalue weighted by molar-refractivity contribution is -0.120. The zero-order chi connectivity index (χ0) is 12.8. The highest BCUT2D eigenvalue weighted by Crippen LogP contribution is 2.21. The number of amides is 1. The zero-order valence-corrected chi connectivity index (χ0v) is 12.2. The number of benzene rings is 1. The standard InChI is InChI=1S/C14H14BrNOS/c15-13(12-4-2-1-3-5-12)9-16-14(17)8-11-6-7-18-10-11/h1-7,10,13H,8-9H2,(H,16,17). The molecule has 1 N–H and O–H groups in total. The van der Waals surface area contributed by atoms with Gasteiger partial charge in [0, 0.05) is 6.54 Å². The van der Waals surface area contributed by atoms with Crippen molar-refractivity contribution in [2.75, 3.05) is 6.54 Å². The highest BCUT2D eigenvalue weighted by Gasteiger charge is 2.09. The molecule has 1 aromatic heterocycles. The Morgan fingerprint density at radius 2 is 2.06 bits per heavy atom. The number of thiophene rings is 1. The van der Waals surface area contributed by atoms with Crippen LogP contribution in [-0.4, -0.2) is 12.5 Å². The number of rotatable bonds is 5. The lowest BCUT2D eigenvalue weighted by Gasteiger charge is -2.11. The van der Waals surface area contributed by atoms with Crippen molar-refractivity contribution in [3.8, 4) is 0 Å². The molecule has 0 aliphatic heterocycles. The summed E-state index contributed by atoms with van der Waals surface area (Å²) in [5, 5.41) is 6.93. The van der Waals surface area contributed by atoms with Crippen LogP contribution in [0.2, 0.25) is 0 Å².